The molecule has 0 atom stereocenters. The van der Waals surface area contributed by atoms with Gasteiger partial charge in [-0.3, -0.25) is 4.79 Å². The van der Waals surface area contributed by atoms with E-state index in [1.54, 1.807) is 0 Å². The molecule has 0 aliphatic carbocycles. The molecule has 3 aromatic rings. The van der Waals surface area contributed by atoms with Crippen molar-refractivity contribution in [2.75, 3.05) is 22.1 Å². The van der Waals surface area contributed by atoms with Crippen LogP contribution < -0.4 is 15.5 Å². The largest absolute Gasteiger partial charge is 0.340 e. The Balaban J connectivity index is 1.61. The Morgan fingerprint density at radius 1 is 1.04 bits per heavy atom. The Morgan fingerprint density at radius 3 is 2.70 bits per heavy atom. The number of para-hydroxylation sites is 1. The standard InChI is InChI=1S/C21H21N5O/c1-14-22-20(25-18-8-5-7-17(12-18)24-15(2)27)13-21(23-14)26-11-10-16-6-3-4-9-19(16)26/h3-9,12-13H,10-11H2,1-2H3,(H,24,27)(H,22,23,25). The third-order valence-electron chi connectivity index (χ3n) is 4.44. The predicted octanol–water partition coefficient (Wildman–Crippen LogP) is 4.18. The molecule has 1 aliphatic rings. The number of carbonyl (C=O) groups is 1. The molecular formula is C21H21N5O. The summed E-state index contributed by atoms with van der Waals surface area (Å²) in [5.74, 6) is 2.22. The van der Waals surface area contributed by atoms with Crippen LogP contribution in [0.3, 0.4) is 0 Å². The predicted molar refractivity (Wildman–Crippen MR) is 108 cm³/mol. The third-order valence-corrected chi connectivity index (χ3v) is 4.44. The van der Waals surface area contributed by atoms with Crippen molar-refractivity contribution < 1.29 is 4.79 Å². The number of aromatic nitrogens is 2. The number of carbonyl (C=O) groups excluding carboxylic acids is 1. The molecule has 1 aliphatic heterocycles. The van der Waals surface area contributed by atoms with E-state index in [9.17, 15) is 4.79 Å². The van der Waals surface area contributed by atoms with E-state index in [0.29, 0.717) is 5.82 Å². The van der Waals surface area contributed by atoms with Crippen LogP contribution in [0.25, 0.3) is 0 Å². The molecule has 0 saturated carbocycles. The van der Waals surface area contributed by atoms with Crippen LogP contribution in [0.4, 0.5) is 28.7 Å². The summed E-state index contributed by atoms with van der Waals surface area (Å²) >= 11 is 0. The van der Waals surface area contributed by atoms with Crippen molar-refractivity contribution in [2.24, 2.45) is 0 Å². The van der Waals surface area contributed by atoms with Gasteiger partial charge in [-0.15, -0.1) is 0 Å². The molecule has 2 aromatic carbocycles. The van der Waals surface area contributed by atoms with Gasteiger partial charge < -0.3 is 15.5 Å². The first-order chi connectivity index (χ1) is 13.1. The van der Waals surface area contributed by atoms with Crippen molar-refractivity contribution in [2.45, 2.75) is 20.3 Å². The lowest BCUT2D eigenvalue weighted by Crippen LogP contribution is -2.16. The molecule has 1 amide bonds. The van der Waals surface area contributed by atoms with E-state index >= 15 is 0 Å². The fraction of sp³-hybridized carbons (Fsp3) is 0.190. The van der Waals surface area contributed by atoms with E-state index in [4.69, 9.17) is 0 Å². The minimum absolute atomic E-state index is 0.0972. The fourth-order valence-corrected chi connectivity index (χ4v) is 3.36. The highest BCUT2D eigenvalue weighted by Crippen LogP contribution is 2.34. The highest BCUT2D eigenvalue weighted by Gasteiger charge is 2.21. The number of hydrogen-bond acceptors (Lipinski definition) is 5. The van der Waals surface area contributed by atoms with Crippen molar-refractivity contribution in [1.82, 2.24) is 9.97 Å². The summed E-state index contributed by atoms with van der Waals surface area (Å²) in [6, 6.07) is 17.9. The molecule has 6 heteroatoms. The minimum Gasteiger partial charge on any atom is -0.340 e. The molecule has 4 rings (SSSR count). The topological polar surface area (TPSA) is 70.2 Å². The lowest BCUT2D eigenvalue weighted by molar-refractivity contribution is -0.114. The van der Waals surface area contributed by atoms with Gasteiger partial charge in [0.2, 0.25) is 5.91 Å². The summed E-state index contributed by atoms with van der Waals surface area (Å²) in [7, 11) is 0. The van der Waals surface area contributed by atoms with Crippen LogP contribution >= 0.6 is 0 Å². The molecule has 0 spiro atoms. The Hall–Kier alpha value is -3.41. The summed E-state index contributed by atoms with van der Waals surface area (Å²) in [4.78, 5) is 22.6. The zero-order valence-electron chi connectivity index (χ0n) is 15.4. The smallest absolute Gasteiger partial charge is 0.221 e. The SMILES string of the molecule is CC(=O)Nc1cccc(Nc2cc(N3CCc4ccccc43)nc(C)n2)c1. The number of aryl methyl sites for hydroxylation is 1. The van der Waals surface area contributed by atoms with Gasteiger partial charge in [-0.25, -0.2) is 9.97 Å². The third kappa shape index (κ3) is 3.74. The van der Waals surface area contributed by atoms with Crippen molar-refractivity contribution in [3.63, 3.8) is 0 Å². The number of fused-ring (bicyclic) bond motifs is 1. The number of hydrogen-bond donors (Lipinski definition) is 2. The molecule has 1 aromatic heterocycles. The van der Waals surface area contributed by atoms with Crippen molar-refractivity contribution in [3.05, 3.63) is 66.0 Å². The molecule has 0 fully saturated rings. The average Bonchev–Trinajstić information content (AvgIpc) is 3.05. The molecule has 136 valence electrons. The van der Waals surface area contributed by atoms with Crippen LogP contribution in [-0.4, -0.2) is 22.4 Å². The van der Waals surface area contributed by atoms with E-state index < -0.39 is 0 Å². The number of nitrogens with zero attached hydrogens (tertiary/aromatic N) is 3. The average molecular weight is 359 g/mol. The maximum atomic E-state index is 11.3. The van der Waals surface area contributed by atoms with Gasteiger partial charge in [0.15, 0.2) is 0 Å². The zero-order chi connectivity index (χ0) is 18.8. The van der Waals surface area contributed by atoms with Crippen molar-refractivity contribution in [3.8, 4) is 0 Å². The van der Waals surface area contributed by atoms with E-state index in [-0.39, 0.29) is 5.91 Å². The highest BCUT2D eigenvalue weighted by atomic mass is 16.1. The van der Waals surface area contributed by atoms with Gasteiger partial charge in [0.25, 0.3) is 0 Å². The maximum absolute atomic E-state index is 11.3. The van der Waals surface area contributed by atoms with Crippen LogP contribution in [0, 0.1) is 6.92 Å². The molecule has 0 radical (unpaired) electrons. The first kappa shape index (κ1) is 17.0. The fourth-order valence-electron chi connectivity index (χ4n) is 3.36. The number of amides is 1. The molecular weight excluding hydrogens is 338 g/mol. The van der Waals surface area contributed by atoms with Gasteiger partial charge in [0.1, 0.15) is 17.5 Å². The second-order valence-electron chi connectivity index (χ2n) is 6.58. The lowest BCUT2D eigenvalue weighted by atomic mass is 10.2. The number of anilines is 5. The Kier molecular flexibility index (Phi) is 4.46. The number of rotatable bonds is 4. The summed E-state index contributed by atoms with van der Waals surface area (Å²) in [6.07, 6.45) is 1.01. The Labute approximate surface area is 158 Å². The summed E-state index contributed by atoms with van der Waals surface area (Å²) in [6.45, 7) is 4.30. The normalized spacial score (nSPS) is 12.6. The van der Waals surface area contributed by atoms with Gasteiger partial charge in [-0.05, 0) is 43.2 Å². The Morgan fingerprint density at radius 2 is 1.85 bits per heavy atom. The quantitative estimate of drug-likeness (QED) is 0.731. The second-order valence-corrected chi connectivity index (χ2v) is 6.58. The second kappa shape index (κ2) is 7.07. The molecule has 0 unspecified atom stereocenters. The first-order valence-corrected chi connectivity index (χ1v) is 8.94. The summed E-state index contributed by atoms with van der Waals surface area (Å²) < 4.78 is 0. The summed E-state index contributed by atoms with van der Waals surface area (Å²) in [5.41, 5.74) is 4.14. The number of nitrogens with one attached hydrogen (secondary N) is 2. The van der Waals surface area contributed by atoms with Gasteiger partial charge in [0, 0.05) is 36.6 Å². The number of benzene rings is 2. The summed E-state index contributed by atoms with van der Waals surface area (Å²) in [5, 5.41) is 6.11. The van der Waals surface area contributed by atoms with E-state index in [1.165, 1.54) is 18.2 Å². The van der Waals surface area contributed by atoms with Crippen molar-refractivity contribution in [1.29, 1.82) is 0 Å². The van der Waals surface area contributed by atoms with Gasteiger partial charge in [-0.2, -0.15) is 0 Å². The van der Waals surface area contributed by atoms with Gasteiger partial charge >= 0.3 is 0 Å². The van der Waals surface area contributed by atoms with Gasteiger partial charge in [-0.1, -0.05) is 24.3 Å². The van der Waals surface area contributed by atoms with Crippen LogP contribution in [-0.2, 0) is 11.2 Å². The maximum Gasteiger partial charge on any atom is 0.221 e. The highest BCUT2D eigenvalue weighted by molar-refractivity contribution is 5.89. The molecule has 0 saturated heterocycles. The molecule has 0 bridgehead atoms. The molecule has 2 heterocycles. The van der Waals surface area contributed by atoms with Crippen LogP contribution in [0.5, 0.6) is 0 Å². The molecule has 6 nitrogen and oxygen atoms in total. The van der Waals surface area contributed by atoms with E-state index in [0.717, 1.165) is 36.0 Å². The van der Waals surface area contributed by atoms with Crippen LogP contribution in [0.1, 0.15) is 18.3 Å². The van der Waals surface area contributed by atoms with Crippen molar-refractivity contribution >= 4 is 34.6 Å². The molecule has 27 heavy (non-hydrogen) atoms. The van der Waals surface area contributed by atoms with Gasteiger partial charge in [0.05, 0.1) is 0 Å². The molecule has 2 N–H and O–H groups in total. The lowest BCUT2D eigenvalue weighted by Gasteiger charge is -2.19. The zero-order valence-corrected chi connectivity index (χ0v) is 15.4. The first-order valence-electron chi connectivity index (χ1n) is 8.94. The van der Waals surface area contributed by atoms with Crippen LogP contribution in [0.2, 0.25) is 0 Å². The Bertz CT molecular complexity index is 1000. The van der Waals surface area contributed by atoms with E-state index in [1.807, 2.05) is 37.3 Å². The van der Waals surface area contributed by atoms with E-state index in [2.05, 4.69) is 49.8 Å². The minimum atomic E-state index is -0.0972. The monoisotopic (exact) mass is 359 g/mol. The van der Waals surface area contributed by atoms with Crippen LogP contribution in [0.15, 0.2) is 54.6 Å².